The van der Waals surface area contributed by atoms with Gasteiger partial charge in [0, 0.05) is 17.5 Å². The first-order valence-electron chi connectivity index (χ1n) is 7.85. The van der Waals surface area contributed by atoms with E-state index < -0.39 is 0 Å². The maximum Gasteiger partial charge on any atom is 0.233 e. The second kappa shape index (κ2) is 7.83. The minimum atomic E-state index is 0.175. The van der Waals surface area contributed by atoms with Crippen LogP contribution in [0.5, 0.6) is 0 Å². The molecule has 2 aromatic rings. The SMILES string of the molecule is Nc1nc(SCC(=O)N2CCCCC2CCc2cccs2)n[nH]1. The molecule has 2 aromatic heterocycles. The third-order valence-electron chi connectivity index (χ3n) is 4.06. The molecule has 1 saturated heterocycles. The molecular weight excluding hydrogens is 330 g/mol. The molecule has 1 unspecified atom stereocenters. The number of rotatable bonds is 6. The van der Waals surface area contributed by atoms with Gasteiger partial charge in [0.1, 0.15) is 0 Å². The number of nitrogen functional groups attached to an aromatic ring is 1. The Balaban J connectivity index is 1.53. The second-order valence-electron chi connectivity index (χ2n) is 5.65. The second-order valence-corrected chi connectivity index (χ2v) is 7.62. The largest absolute Gasteiger partial charge is 0.368 e. The first kappa shape index (κ1) is 16.3. The molecule has 6 nitrogen and oxygen atoms in total. The van der Waals surface area contributed by atoms with Gasteiger partial charge in [0.25, 0.3) is 0 Å². The molecule has 1 amide bonds. The lowest BCUT2D eigenvalue weighted by molar-refractivity contribution is -0.132. The minimum Gasteiger partial charge on any atom is -0.368 e. The summed E-state index contributed by atoms with van der Waals surface area (Å²) >= 11 is 3.13. The van der Waals surface area contributed by atoms with Gasteiger partial charge in [0.05, 0.1) is 5.75 Å². The van der Waals surface area contributed by atoms with Crippen molar-refractivity contribution in [3.8, 4) is 0 Å². The van der Waals surface area contributed by atoms with Crippen LogP contribution >= 0.6 is 23.1 Å². The highest BCUT2D eigenvalue weighted by Gasteiger charge is 2.26. The molecule has 1 atom stereocenters. The van der Waals surface area contributed by atoms with Crippen LogP contribution in [0.3, 0.4) is 0 Å². The van der Waals surface area contributed by atoms with E-state index in [1.165, 1.54) is 23.1 Å². The Hall–Kier alpha value is -1.54. The third-order valence-corrected chi connectivity index (χ3v) is 5.83. The number of anilines is 1. The predicted octanol–water partition coefficient (Wildman–Crippen LogP) is 2.55. The maximum absolute atomic E-state index is 12.6. The van der Waals surface area contributed by atoms with Gasteiger partial charge in [-0.25, -0.2) is 5.10 Å². The van der Waals surface area contributed by atoms with Gasteiger partial charge in [-0.2, -0.15) is 4.98 Å². The number of hydrogen-bond donors (Lipinski definition) is 2. The molecule has 3 heterocycles. The summed E-state index contributed by atoms with van der Waals surface area (Å²) in [6.45, 7) is 0.866. The number of thioether (sulfide) groups is 1. The lowest BCUT2D eigenvalue weighted by atomic mass is 9.97. The summed E-state index contributed by atoms with van der Waals surface area (Å²) in [7, 11) is 0. The first-order chi connectivity index (χ1) is 11.2. The van der Waals surface area contributed by atoms with Crippen LogP contribution in [0.25, 0.3) is 0 Å². The van der Waals surface area contributed by atoms with E-state index in [1.54, 1.807) is 11.3 Å². The van der Waals surface area contributed by atoms with Crippen LogP contribution in [0.15, 0.2) is 22.7 Å². The van der Waals surface area contributed by atoms with Gasteiger partial charge in [-0.15, -0.1) is 16.4 Å². The van der Waals surface area contributed by atoms with Crippen molar-refractivity contribution >= 4 is 35.0 Å². The maximum atomic E-state index is 12.6. The van der Waals surface area contributed by atoms with Gasteiger partial charge in [-0.1, -0.05) is 17.8 Å². The van der Waals surface area contributed by atoms with Crippen LogP contribution in [0.1, 0.15) is 30.6 Å². The normalized spacial score (nSPS) is 18.3. The Bertz CT molecular complexity index is 628. The van der Waals surface area contributed by atoms with Gasteiger partial charge in [0.2, 0.25) is 17.0 Å². The summed E-state index contributed by atoms with van der Waals surface area (Å²) in [6, 6.07) is 4.61. The molecule has 8 heteroatoms. The van der Waals surface area contributed by atoms with Crippen molar-refractivity contribution in [2.24, 2.45) is 0 Å². The van der Waals surface area contributed by atoms with Crippen molar-refractivity contribution < 1.29 is 4.79 Å². The number of nitrogens with one attached hydrogen (secondary N) is 1. The van der Waals surface area contributed by atoms with Crippen LogP contribution < -0.4 is 5.73 Å². The van der Waals surface area contributed by atoms with E-state index in [2.05, 4.69) is 37.6 Å². The number of aryl methyl sites for hydroxylation is 1. The molecule has 0 aliphatic carbocycles. The number of H-pyrrole nitrogens is 1. The monoisotopic (exact) mass is 351 g/mol. The first-order valence-corrected chi connectivity index (χ1v) is 9.71. The number of amides is 1. The van der Waals surface area contributed by atoms with Crippen LogP contribution in [-0.2, 0) is 11.2 Å². The number of carbonyl (C=O) groups excluding carboxylic acids is 1. The lowest BCUT2D eigenvalue weighted by Crippen LogP contribution is -2.44. The Kier molecular flexibility index (Phi) is 5.56. The summed E-state index contributed by atoms with van der Waals surface area (Å²) in [5.74, 6) is 0.827. The molecule has 0 spiro atoms. The fraction of sp³-hybridized carbons (Fsp3) is 0.533. The number of hydrogen-bond acceptors (Lipinski definition) is 6. The number of aromatic amines is 1. The zero-order valence-electron chi connectivity index (χ0n) is 12.9. The number of likely N-dealkylation sites (tertiary alicyclic amines) is 1. The lowest BCUT2D eigenvalue weighted by Gasteiger charge is -2.35. The highest BCUT2D eigenvalue weighted by atomic mass is 32.2. The van der Waals surface area contributed by atoms with Gasteiger partial charge in [-0.05, 0) is 43.6 Å². The summed E-state index contributed by atoms with van der Waals surface area (Å²) in [5.41, 5.74) is 5.50. The summed E-state index contributed by atoms with van der Waals surface area (Å²) in [4.78, 5) is 20.0. The average Bonchev–Trinajstić information content (AvgIpc) is 3.22. The number of piperidine rings is 1. The van der Waals surface area contributed by atoms with Crippen LogP contribution in [-0.4, -0.2) is 44.3 Å². The molecule has 3 N–H and O–H groups in total. The molecule has 0 aromatic carbocycles. The smallest absolute Gasteiger partial charge is 0.233 e. The minimum absolute atomic E-state index is 0.175. The Morgan fingerprint density at radius 2 is 2.43 bits per heavy atom. The van der Waals surface area contributed by atoms with E-state index in [1.807, 2.05) is 0 Å². The number of nitrogens with two attached hydrogens (primary N) is 1. The zero-order chi connectivity index (χ0) is 16.1. The predicted molar refractivity (Wildman–Crippen MR) is 93.5 cm³/mol. The zero-order valence-corrected chi connectivity index (χ0v) is 14.5. The Morgan fingerprint density at radius 1 is 1.52 bits per heavy atom. The van der Waals surface area contributed by atoms with E-state index in [0.29, 0.717) is 17.0 Å². The number of nitrogens with zero attached hydrogens (tertiary/aromatic N) is 3. The number of aromatic nitrogens is 3. The van der Waals surface area contributed by atoms with Crippen LogP contribution in [0.2, 0.25) is 0 Å². The number of thiophene rings is 1. The summed E-state index contributed by atoms with van der Waals surface area (Å²) in [5, 5.41) is 9.18. The summed E-state index contributed by atoms with van der Waals surface area (Å²) in [6.07, 6.45) is 5.51. The van der Waals surface area contributed by atoms with Crippen molar-refractivity contribution in [2.45, 2.75) is 43.3 Å². The molecule has 23 heavy (non-hydrogen) atoms. The van der Waals surface area contributed by atoms with Gasteiger partial charge in [0.15, 0.2) is 0 Å². The van der Waals surface area contributed by atoms with E-state index in [9.17, 15) is 4.79 Å². The van der Waals surface area contributed by atoms with Crippen molar-refractivity contribution in [1.29, 1.82) is 0 Å². The standard InChI is InChI=1S/C15H21N5OS2/c16-14-17-15(19-18-14)23-10-13(21)20-8-2-1-4-11(20)6-7-12-5-3-9-22-12/h3,5,9,11H,1-2,4,6-8,10H2,(H3,16,17,18,19). The fourth-order valence-corrected chi connectivity index (χ4v) is 4.34. The molecule has 3 rings (SSSR count). The molecule has 1 aliphatic heterocycles. The van der Waals surface area contributed by atoms with E-state index in [-0.39, 0.29) is 11.9 Å². The molecule has 0 saturated carbocycles. The van der Waals surface area contributed by atoms with Crippen molar-refractivity contribution in [3.05, 3.63) is 22.4 Å². The number of carbonyl (C=O) groups is 1. The average molecular weight is 352 g/mol. The molecule has 0 bridgehead atoms. The van der Waals surface area contributed by atoms with E-state index in [4.69, 9.17) is 5.73 Å². The van der Waals surface area contributed by atoms with Crippen LogP contribution in [0, 0.1) is 0 Å². The van der Waals surface area contributed by atoms with Crippen molar-refractivity contribution in [1.82, 2.24) is 20.1 Å². The third kappa shape index (κ3) is 4.48. The molecule has 124 valence electrons. The van der Waals surface area contributed by atoms with Gasteiger partial charge in [-0.3, -0.25) is 4.79 Å². The molecule has 1 fully saturated rings. The molecule has 0 radical (unpaired) electrons. The fourth-order valence-electron chi connectivity index (χ4n) is 2.92. The van der Waals surface area contributed by atoms with Gasteiger partial charge >= 0.3 is 0 Å². The van der Waals surface area contributed by atoms with Crippen LogP contribution in [0.4, 0.5) is 5.95 Å². The Labute approximate surface area is 143 Å². The summed E-state index contributed by atoms with van der Waals surface area (Å²) < 4.78 is 0. The van der Waals surface area contributed by atoms with E-state index >= 15 is 0 Å². The van der Waals surface area contributed by atoms with Crippen molar-refractivity contribution in [3.63, 3.8) is 0 Å². The van der Waals surface area contributed by atoms with E-state index in [0.717, 1.165) is 32.2 Å². The topological polar surface area (TPSA) is 87.9 Å². The quantitative estimate of drug-likeness (QED) is 0.781. The molecular formula is C15H21N5OS2. The highest BCUT2D eigenvalue weighted by Crippen LogP contribution is 2.24. The van der Waals surface area contributed by atoms with Gasteiger partial charge < -0.3 is 10.6 Å². The molecule has 1 aliphatic rings. The highest BCUT2D eigenvalue weighted by molar-refractivity contribution is 7.99. The Morgan fingerprint density at radius 3 is 3.17 bits per heavy atom. The van der Waals surface area contributed by atoms with Crippen molar-refractivity contribution in [2.75, 3.05) is 18.0 Å².